The second-order valence-corrected chi connectivity index (χ2v) is 3.50. The highest BCUT2D eigenvalue weighted by Crippen LogP contribution is 2.18. The summed E-state index contributed by atoms with van der Waals surface area (Å²) in [5.41, 5.74) is 6.81. The Morgan fingerprint density at radius 1 is 1.50 bits per heavy atom. The summed E-state index contributed by atoms with van der Waals surface area (Å²) in [6.07, 6.45) is 1.27. The maximum atomic E-state index is 5.78. The van der Waals surface area contributed by atoms with E-state index in [2.05, 4.69) is 14.7 Å². The molecular formula is C11H13N3O2. The van der Waals surface area contributed by atoms with Crippen LogP contribution in [-0.2, 0) is 6.61 Å². The molecule has 16 heavy (non-hydrogen) atoms. The summed E-state index contributed by atoms with van der Waals surface area (Å²) in [6, 6.07) is 7.64. The van der Waals surface area contributed by atoms with Crippen LogP contribution < -0.4 is 10.5 Å². The maximum Gasteiger partial charge on any atom is 0.213 e. The van der Waals surface area contributed by atoms with Crippen LogP contribution in [0.15, 0.2) is 35.2 Å². The van der Waals surface area contributed by atoms with Crippen LogP contribution in [0.25, 0.3) is 0 Å². The van der Waals surface area contributed by atoms with Crippen LogP contribution in [0.4, 0.5) is 0 Å². The molecule has 0 unspecified atom stereocenters. The Labute approximate surface area is 93.2 Å². The smallest absolute Gasteiger partial charge is 0.213 e. The highest BCUT2D eigenvalue weighted by molar-refractivity contribution is 5.30. The molecule has 0 spiro atoms. The van der Waals surface area contributed by atoms with Crippen molar-refractivity contribution in [2.45, 2.75) is 19.6 Å². The van der Waals surface area contributed by atoms with Crippen molar-refractivity contribution in [3.8, 4) is 5.75 Å². The topological polar surface area (TPSA) is 74.2 Å². The van der Waals surface area contributed by atoms with E-state index < -0.39 is 0 Å². The Hall–Kier alpha value is -1.88. The molecule has 5 nitrogen and oxygen atoms in total. The van der Waals surface area contributed by atoms with Gasteiger partial charge in [0.05, 0.1) is 0 Å². The normalized spacial score (nSPS) is 12.4. The summed E-state index contributed by atoms with van der Waals surface area (Å²) in [6.45, 7) is 2.22. The molecule has 0 radical (unpaired) electrons. The molecule has 0 saturated carbocycles. The first-order valence-electron chi connectivity index (χ1n) is 4.99. The van der Waals surface area contributed by atoms with E-state index in [1.807, 2.05) is 31.2 Å². The van der Waals surface area contributed by atoms with E-state index in [1.54, 1.807) is 0 Å². The first kappa shape index (κ1) is 10.6. The van der Waals surface area contributed by atoms with Gasteiger partial charge >= 0.3 is 0 Å². The molecule has 2 rings (SSSR count). The number of aromatic nitrogens is 2. The molecule has 0 amide bonds. The van der Waals surface area contributed by atoms with Gasteiger partial charge < -0.3 is 15.0 Å². The number of benzene rings is 1. The van der Waals surface area contributed by atoms with Crippen molar-refractivity contribution < 1.29 is 9.26 Å². The molecule has 2 aromatic rings. The van der Waals surface area contributed by atoms with Gasteiger partial charge in [0.2, 0.25) is 12.2 Å². The Kier molecular flexibility index (Phi) is 3.16. The molecule has 0 aliphatic heterocycles. The Bertz CT molecular complexity index is 440. The highest BCUT2D eigenvalue weighted by atomic mass is 16.5. The van der Waals surface area contributed by atoms with Gasteiger partial charge in [0, 0.05) is 6.04 Å². The van der Waals surface area contributed by atoms with E-state index in [9.17, 15) is 0 Å². The molecule has 1 atom stereocenters. The van der Waals surface area contributed by atoms with E-state index in [0.717, 1.165) is 11.3 Å². The molecular weight excluding hydrogens is 206 g/mol. The molecule has 1 aromatic carbocycles. The summed E-state index contributed by atoms with van der Waals surface area (Å²) < 4.78 is 10.1. The summed E-state index contributed by atoms with van der Waals surface area (Å²) >= 11 is 0. The van der Waals surface area contributed by atoms with Crippen LogP contribution in [0.1, 0.15) is 24.4 Å². The lowest BCUT2D eigenvalue weighted by Crippen LogP contribution is -2.05. The van der Waals surface area contributed by atoms with Gasteiger partial charge in [0.25, 0.3) is 0 Å². The van der Waals surface area contributed by atoms with Gasteiger partial charge in [-0.3, -0.25) is 0 Å². The van der Waals surface area contributed by atoms with Crippen LogP contribution in [-0.4, -0.2) is 10.1 Å². The number of hydrogen-bond acceptors (Lipinski definition) is 5. The minimum Gasteiger partial charge on any atom is -0.485 e. The minimum atomic E-state index is -0.00581. The SMILES string of the molecule is C[C@H](N)c1cccc(OCc2ncon2)c1. The van der Waals surface area contributed by atoms with Crippen molar-refractivity contribution in [3.05, 3.63) is 42.0 Å². The molecule has 84 valence electrons. The summed E-state index contributed by atoms with van der Waals surface area (Å²) in [7, 11) is 0. The van der Waals surface area contributed by atoms with Crippen LogP contribution in [0.5, 0.6) is 5.75 Å². The summed E-state index contributed by atoms with van der Waals surface area (Å²) in [4.78, 5) is 3.86. The van der Waals surface area contributed by atoms with Crippen molar-refractivity contribution in [1.29, 1.82) is 0 Å². The molecule has 5 heteroatoms. The fourth-order valence-electron chi connectivity index (χ4n) is 1.29. The molecule has 0 aliphatic rings. The van der Waals surface area contributed by atoms with Crippen molar-refractivity contribution in [2.75, 3.05) is 0 Å². The van der Waals surface area contributed by atoms with Crippen LogP contribution in [0, 0.1) is 0 Å². The average molecular weight is 219 g/mol. The number of nitrogens with zero attached hydrogens (tertiary/aromatic N) is 2. The third-order valence-electron chi connectivity index (χ3n) is 2.16. The van der Waals surface area contributed by atoms with Crippen molar-refractivity contribution in [1.82, 2.24) is 10.1 Å². The van der Waals surface area contributed by atoms with Gasteiger partial charge in [0.15, 0.2) is 6.61 Å². The predicted molar refractivity (Wildman–Crippen MR) is 57.7 cm³/mol. The quantitative estimate of drug-likeness (QED) is 0.846. The van der Waals surface area contributed by atoms with E-state index in [1.165, 1.54) is 6.39 Å². The van der Waals surface area contributed by atoms with E-state index in [-0.39, 0.29) is 6.04 Å². The monoisotopic (exact) mass is 219 g/mol. The largest absolute Gasteiger partial charge is 0.485 e. The second kappa shape index (κ2) is 4.76. The van der Waals surface area contributed by atoms with Crippen molar-refractivity contribution >= 4 is 0 Å². The van der Waals surface area contributed by atoms with Crippen molar-refractivity contribution in [2.24, 2.45) is 5.73 Å². The predicted octanol–water partition coefficient (Wildman–Crippen LogP) is 1.67. The van der Waals surface area contributed by atoms with Crippen LogP contribution in [0.2, 0.25) is 0 Å². The maximum absolute atomic E-state index is 5.78. The molecule has 0 bridgehead atoms. The lowest BCUT2D eigenvalue weighted by atomic mass is 10.1. The Balaban J connectivity index is 2.01. The standard InChI is InChI=1S/C11H13N3O2/c1-8(12)9-3-2-4-10(5-9)15-6-11-13-7-16-14-11/h2-5,7-8H,6,12H2,1H3/t8-/m0/s1. The minimum absolute atomic E-state index is 0.00581. The molecule has 0 saturated heterocycles. The van der Waals surface area contributed by atoms with E-state index in [0.29, 0.717) is 12.4 Å². The van der Waals surface area contributed by atoms with Crippen molar-refractivity contribution in [3.63, 3.8) is 0 Å². The third-order valence-corrected chi connectivity index (χ3v) is 2.16. The molecule has 0 aliphatic carbocycles. The fraction of sp³-hybridized carbons (Fsp3) is 0.273. The molecule has 2 N–H and O–H groups in total. The zero-order chi connectivity index (χ0) is 11.4. The average Bonchev–Trinajstić information content (AvgIpc) is 2.79. The molecule has 0 fully saturated rings. The zero-order valence-electron chi connectivity index (χ0n) is 8.96. The fourth-order valence-corrected chi connectivity index (χ4v) is 1.29. The third kappa shape index (κ3) is 2.58. The first-order chi connectivity index (χ1) is 7.75. The van der Waals surface area contributed by atoms with E-state index >= 15 is 0 Å². The Morgan fingerprint density at radius 2 is 2.38 bits per heavy atom. The van der Waals surface area contributed by atoms with Gasteiger partial charge in [0.1, 0.15) is 5.75 Å². The van der Waals surface area contributed by atoms with Crippen LogP contribution in [0.3, 0.4) is 0 Å². The van der Waals surface area contributed by atoms with Gasteiger partial charge in [-0.1, -0.05) is 17.3 Å². The van der Waals surface area contributed by atoms with Crippen LogP contribution >= 0.6 is 0 Å². The number of rotatable bonds is 4. The Morgan fingerprint density at radius 3 is 3.06 bits per heavy atom. The lowest BCUT2D eigenvalue weighted by Gasteiger charge is -2.08. The lowest BCUT2D eigenvalue weighted by molar-refractivity contribution is 0.286. The zero-order valence-corrected chi connectivity index (χ0v) is 8.96. The van der Waals surface area contributed by atoms with Gasteiger partial charge in [-0.25, -0.2) is 0 Å². The first-order valence-corrected chi connectivity index (χ1v) is 4.99. The summed E-state index contributed by atoms with van der Waals surface area (Å²) in [5, 5.41) is 3.65. The second-order valence-electron chi connectivity index (χ2n) is 3.50. The molecule has 1 heterocycles. The number of hydrogen-bond donors (Lipinski definition) is 1. The van der Waals surface area contributed by atoms with Gasteiger partial charge in [-0.15, -0.1) is 0 Å². The van der Waals surface area contributed by atoms with Gasteiger partial charge in [-0.2, -0.15) is 4.98 Å². The molecule has 1 aromatic heterocycles. The number of ether oxygens (including phenoxy) is 1. The highest BCUT2D eigenvalue weighted by Gasteiger charge is 2.03. The number of nitrogens with two attached hydrogens (primary N) is 1. The summed E-state index contributed by atoms with van der Waals surface area (Å²) in [5.74, 6) is 1.27. The van der Waals surface area contributed by atoms with Gasteiger partial charge in [-0.05, 0) is 24.6 Å². The van der Waals surface area contributed by atoms with E-state index in [4.69, 9.17) is 10.5 Å².